The van der Waals surface area contributed by atoms with Gasteiger partial charge in [0, 0.05) is 31.5 Å². The summed E-state index contributed by atoms with van der Waals surface area (Å²) in [6.07, 6.45) is 4.51. The van der Waals surface area contributed by atoms with Crippen LogP contribution in [0.3, 0.4) is 0 Å². The zero-order valence-electron chi connectivity index (χ0n) is 13.3. The monoisotopic (exact) mass is 313 g/mol. The Kier molecular flexibility index (Phi) is 5.11. The molecule has 0 aromatic carbocycles. The third kappa shape index (κ3) is 4.08. The van der Waals surface area contributed by atoms with Gasteiger partial charge in [0.2, 0.25) is 10.0 Å². The summed E-state index contributed by atoms with van der Waals surface area (Å²) in [5.41, 5.74) is 1.17. The van der Waals surface area contributed by atoms with Gasteiger partial charge < -0.3 is 10.3 Å². The van der Waals surface area contributed by atoms with Crippen LogP contribution in [0.5, 0.6) is 0 Å². The number of hydrogen-bond acceptors (Lipinski definition) is 3. The Morgan fingerprint density at radius 2 is 2.00 bits per heavy atom. The van der Waals surface area contributed by atoms with Crippen LogP contribution < -0.4 is 5.32 Å². The smallest absolute Gasteiger partial charge is 0.244 e. The summed E-state index contributed by atoms with van der Waals surface area (Å²) in [6, 6.07) is 1.75. The van der Waals surface area contributed by atoms with E-state index in [9.17, 15) is 8.42 Å². The van der Waals surface area contributed by atoms with E-state index in [-0.39, 0.29) is 5.41 Å². The summed E-state index contributed by atoms with van der Waals surface area (Å²) < 4.78 is 26.9. The van der Waals surface area contributed by atoms with E-state index in [0.717, 1.165) is 31.5 Å². The van der Waals surface area contributed by atoms with E-state index in [1.165, 1.54) is 0 Å². The Bertz CT molecular complexity index is 553. The number of sulfonamides is 1. The van der Waals surface area contributed by atoms with Crippen LogP contribution in [-0.4, -0.2) is 37.3 Å². The molecule has 0 amide bonds. The second-order valence-corrected chi connectivity index (χ2v) is 8.54. The molecule has 5 nitrogen and oxygen atoms in total. The molecule has 1 fully saturated rings. The van der Waals surface area contributed by atoms with Gasteiger partial charge in [-0.1, -0.05) is 20.8 Å². The highest BCUT2D eigenvalue weighted by molar-refractivity contribution is 7.89. The summed E-state index contributed by atoms with van der Waals surface area (Å²) in [5.74, 6) is 0. The van der Waals surface area contributed by atoms with Gasteiger partial charge in [-0.3, -0.25) is 0 Å². The minimum Gasteiger partial charge on any atom is -0.363 e. The molecule has 0 bridgehead atoms. The lowest BCUT2D eigenvalue weighted by molar-refractivity contribution is 0.196. The average Bonchev–Trinajstić information content (AvgIpc) is 2.88. The number of rotatable bonds is 6. The second-order valence-electron chi connectivity index (χ2n) is 6.61. The first-order valence-corrected chi connectivity index (χ1v) is 9.17. The Hall–Kier alpha value is -0.850. The van der Waals surface area contributed by atoms with Gasteiger partial charge in [-0.2, -0.15) is 4.31 Å². The van der Waals surface area contributed by atoms with E-state index in [0.29, 0.717) is 24.5 Å². The minimum absolute atomic E-state index is 0.249. The van der Waals surface area contributed by atoms with Crippen molar-refractivity contribution in [1.82, 2.24) is 14.6 Å². The van der Waals surface area contributed by atoms with Crippen LogP contribution in [0.4, 0.5) is 0 Å². The van der Waals surface area contributed by atoms with Crippen molar-refractivity contribution in [3.63, 3.8) is 0 Å². The van der Waals surface area contributed by atoms with E-state index in [4.69, 9.17) is 0 Å². The average molecular weight is 313 g/mol. The summed E-state index contributed by atoms with van der Waals surface area (Å²) in [5, 5.41) is 3.27. The highest BCUT2D eigenvalue weighted by atomic mass is 32.2. The van der Waals surface area contributed by atoms with Crippen molar-refractivity contribution in [2.24, 2.45) is 5.41 Å². The lowest BCUT2D eigenvalue weighted by atomic mass is 9.83. The van der Waals surface area contributed by atoms with Crippen molar-refractivity contribution in [2.75, 3.05) is 19.6 Å². The zero-order valence-corrected chi connectivity index (χ0v) is 14.1. The largest absolute Gasteiger partial charge is 0.363 e. The Morgan fingerprint density at radius 3 is 2.62 bits per heavy atom. The fourth-order valence-electron chi connectivity index (χ4n) is 2.55. The molecule has 0 radical (unpaired) electrons. The van der Waals surface area contributed by atoms with E-state index < -0.39 is 10.0 Å². The first kappa shape index (κ1) is 16.5. The standard InChI is InChI=1S/C15H27N3O2S/c1-4-7-16-11-13-10-14(12-17-13)21(19,20)18-8-5-15(2,3)6-9-18/h10,12,16-17H,4-9,11H2,1-3H3. The van der Waals surface area contributed by atoms with Crippen LogP contribution in [-0.2, 0) is 16.6 Å². The molecule has 2 rings (SSSR count). The molecule has 0 atom stereocenters. The molecule has 2 N–H and O–H groups in total. The molecule has 1 aromatic heterocycles. The Morgan fingerprint density at radius 1 is 1.33 bits per heavy atom. The van der Waals surface area contributed by atoms with Crippen molar-refractivity contribution in [3.05, 3.63) is 18.0 Å². The van der Waals surface area contributed by atoms with Crippen molar-refractivity contribution < 1.29 is 8.42 Å². The van der Waals surface area contributed by atoms with E-state index in [1.54, 1.807) is 16.6 Å². The van der Waals surface area contributed by atoms with E-state index in [2.05, 4.69) is 31.1 Å². The van der Waals surface area contributed by atoms with Gasteiger partial charge in [0.25, 0.3) is 0 Å². The Labute approximate surface area is 128 Å². The van der Waals surface area contributed by atoms with Gasteiger partial charge in [-0.25, -0.2) is 8.42 Å². The SMILES string of the molecule is CCCNCc1cc(S(=O)(=O)N2CCC(C)(C)CC2)c[nH]1. The van der Waals surface area contributed by atoms with Crippen LogP contribution in [0.1, 0.15) is 45.7 Å². The summed E-state index contributed by atoms with van der Waals surface area (Å²) in [6.45, 7) is 9.34. The number of hydrogen-bond donors (Lipinski definition) is 2. The number of nitrogens with one attached hydrogen (secondary N) is 2. The van der Waals surface area contributed by atoms with Crippen molar-refractivity contribution in [3.8, 4) is 0 Å². The van der Waals surface area contributed by atoms with E-state index in [1.807, 2.05) is 0 Å². The van der Waals surface area contributed by atoms with Crippen LogP contribution >= 0.6 is 0 Å². The quantitative estimate of drug-likeness (QED) is 0.792. The molecule has 2 heterocycles. The third-order valence-corrected chi connectivity index (χ3v) is 6.05. The van der Waals surface area contributed by atoms with Gasteiger partial charge in [0.15, 0.2) is 0 Å². The zero-order chi connectivity index (χ0) is 15.5. The first-order valence-electron chi connectivity index (χ1n) is 7.73. The molecular weight excluding hydrogens is 286 g/mol. The van der Waals surface area contributed by atoms with Gasteiger partial charge in [0.05, 0.1) is 4.90 Å². The van der Waals surface area contributed by atoms with Crippen LogP contribution in [0.25, 0.3) is 0 Å². The predicted molar refractivity (Wildman–Crippen MR) is 84.6 cm³/mol. The maximum Gasteiger partial charge on any atom is 0.244 e. The molecule has 1 aliphatic rings. The molecule has 0 unspecified atom stereocenters. The van der Waals surface area contributed by atoms with Crippen LogP contribution in [0.15, 0.2) is 17.2 Å². The van der Waals surface area contributed by atoms with Gasteiger partial charge in [0.1, 0.15) is 0 Å². The van der Waals surface area contributed by atoms with Crippen molar-refractivity contribution in [2.45, 2.75) is 51.5 Å². The first-order chi connectivity index (χ1) is 9.85. The number of aromatic nitrogens is 1. The molecule has 1 aromatic rings. The normalized spacial score (nSPS) is 19.8. The summed E-state index contributed by atoms with van der Waals surface area (Å²) in [4.78, 5) is 3.44. The number of aromatic amines is 1. The molecule has 0 spiro atoms. The van der Waals surface area contributed by atoms with E-state index >= 15 is 0 Å². The highest BCUT2D eigenvalue weighted by Gasteiger charge is 2.33. The molecule has 1 saturated heterocycles. The van der Waals surface area contributed by atoms with Crippen molar-refractivity contribution >= 4 is 10.0 Å². The van der Waals surface area contributed by atoms with Gasteiger partial charge >= 0.3 is 0 Å². The fraction of sp³-hybridized carbons (Fsp3) is 0.733. The molecule has 21 heavy (non-hydrogen) atoms. The molecule has 1 aliphatic heterocycles. The minimum atomic E-state index is -3.35. The molecule has 0 aliphatic carbocycles. The maximum absolute atomic E-state index is 12.6. The molecule has 6 heteroatoms. The van der Waals surface area contributed by atoms with Crippen LogP contribution in [0.2, 0.25) is 0 Å². The predicted octanol–water partition coefficient (Wildman–Crippen LogP) is 2.32. The summed E-state index contributed by atoms with van der Waals surface area (Å²) >= 11 is 0. The van der Waals surface area contributed by atoms with Crippen molar-refractivity contribution in [1.29, 1.82) is 0 Å². The lowest BCUT2D eigenvalue weighted by Gasteiger charge is -2.35. The van der Waals surface area contributed by atoms with Gasteiger partial charge in [-0.15, -0.1) is 0 Å². The molecule has 120 valence electrons. The lowest BCUT2D eigenvalue weighted by Crippen LogP contribution is -2.40. The molecular formula is C15H27N3O2S. The fourth-order valence-corrected chi connectivity index (χ4v) is 4.01. The van der Waals surface area contributed by atoms with Crippen LogP contribution in [0, 0.1) is 5.41 Å². The molecule has 0 saturated carbocycles. The number of nitrogens with zero attached hydrogens (tertiary/aromatic N) is 1. The third-order valence-electron chi connectivity index (χ3n) is 4.17. The van der Waals surface area contributed by atoms with Gasteiger partial charge in [-0.05, 0) is 37.3 Å². The number of H-pyrrole nitrogens is 1. The topological polar surface area (TPSA) is 65.2 Å². The second kappa shape index (κ2) is 6.50. The Balaban J connectivity index is 2.03. The summed E-state index contributed by atoms with van der Waals surface area (Å²) in [7, 11) is -3.35. The highest BCUT2D eigenvalue weighted by Crippen LogP contribution is 2.32. The maximum atomic E-state index is 12.6. The number of piperidine rings is 1.